The fraction of sp³-hybridized carbons (Fsp3) is 0.500. The van der Waals surface area contributed by atoms with E-state index in [4.69, 9.17) is 9.26 Å². The van der Waals surface area contributed by atoms with Crippen LogP contribution in [-0.2, 0) is 11.2 Å². The molecule has 8 heteroatoms. The number of likely N-dealkylation sites (tertiary alicyclic amines) is 1. The van der Waals surface area contributed by atoms with E-state index in [1.54, 1.807) is 11.0 Å². The second-order valence-electron chi connectivity index (χ2n) is 8.00. The van der Waals surface area contributed by atoms with Crippen molar-refractivity contribution in [2.75, 3.05) is 19.6 Å². The van der Waals surface area contributed by atoms with Crippen molar-refractivity contribution in [1.29, 1.82) is 0 Å². The first kappa shape index (κ1) is 20.5. The van der Waals surface area contributed by atoms with Gasteiger partial charge in [-0.25, -0.2) is 4.39 Å². The Morgan fingerprint density at radius 3 is 2.63 bits per heavy atom. The number of aromatic nitrogens is 1. The normalized spacial score (nSPS) is 20.5. The number of aryl methyl sites for hydroxylation is 1. The molecular weight excluding hydrogens is 389 g/mol. The molecule has 1 N–H and O–H groups in total. The van der Waals surface area contributed by atoms with Crippen LogP contribution in [-0.4, -0.2) is 53.2 Å². The lowest BCUT2D eigenvalue weighted by Gasteiger charge is -2.39. The minimum atomic E-state index is -0.351. The Balaban J connectivity index is 1.25. The highest BCUT2D eigenvalue weighted by Gasteiger charge is 2.43. The van der Waals surface area contributed by atoms with Gasteiger partial charge in [0.1, 0.15) is 11.6 Å². The third-order valence-electron chi connectivity index (χ3n) is 6.02. The first-order chi connectivity index (χ1) is 14.5. The summed E-state index contributed by atoms with van der Waals surface area (Å²) in [7, 11) is 0. The summed E-state index contributed by atoms with van der Waals surface area (Å²) in [6, 6.07) is 7.30. The van der Waals surface area contributed by atoms with E-state index >= 15 is 0 Å². The third-order valence-corrected chi connectivity index (χ3v) is 6.02. The molecule has 0 saturated carbocycles. The van der Waals surface area contributed by atoms with Gasteiger partial charge >= 0.3 is 0 Å². The molecule has 1 aromatic carbocycles. The van der Waals surface area contributed by atoms with Crippen molar-refractivity contribution in [3.63, 3.8) is 0 Å². The molecule has 160 valence electrons. The second-order valence-corrected chi connectivity index (χ2v) is 8.00. The first-order valence-electron chi connectivity index (χ1n) is 10.4. The third kappa shape index (κ3) is 4.38. The van der Waals surface area contributed by atoms with Crippen LogP contribution in [0.1, 0.15) is 59.2 Å². The maximum Gasteiger partial charge on any atom is 0.273 e. The van der Waals surface area contributed by atoms with E-state index in [1.807, 2.05) is 6.92 Å². The molecular formula is C22H26FN3O4. The van der Waals surface area contributed by atoms with Crippen molar-refractivity contribution in [3.05, 3.63) is 53.2 Å². The van der Waals surface area contributed by atoms with Crippen LogP contribution in [0.25, 0.3) is 0 Å². The van der Waals surface area contributed by atoms with Crippen molar-refractivity contribution in [2.24, 2.45) is 0 Å². The van der Waals surface area contributed by atoms with E-state index in [0.29, 0.717) is 37.4 Å². The number of hydrogen-bond acceptors (Lipinski definition) is 5. The molecule has 7 nitrogen and oxygen atoms in total. The van der Waals surface area contributed by atoms with E-state index in [0.717, 1.165) is 25.7 Å². The van der Waals surface area contributed by atoms with E-state index in [2.05, 4.69) is 10.5 Å². The van der Waals surface area contributed by atoms with Crippen molar-refractivity contribution < 1.29 is 23.2 Å². The minimum Gasteiger partial charge on any atom is -0.370 e. The van der Waals surface area contributed by atoms with E-state index in [9.17, 15) is 14.0 Å². The SMILES string of the molecule is CCc1cc(C(=O)NC[C@@H]2CCC3(CCN(C(=O)c4ccc(F)cc4)CC3)O2)no1. The molecule has 2 aliphatic heterocycles. The molecule has 2 fully saturated rings. The van der Waals surface area contributed by atoms with Gasteiger partial charge in [-0.05, 0) is 49.9 Å². The quantitative estimate of drug-likeness (QED) is 0.812. The molecule has 1 aromatic heterocycles. The Kier molecular flexibility index (Phi) is 5.85. The Hall–Kier alpha value is -2.74. The number of piperidine rings is 1. The summed E-state index contributed by atoms with van der Waals surface area (Å²) in [5, 5.41) is 6.66. The summed E-state index contributed by atoms with van der Waals surface area (Å²) in [6.45, 7) is 3.57. The topological polar surface area (TPSA) is 84.7 Å². The Labute approximate surface area is 174 Å². The van der Waals surface area contributed by atoms with Gasteiger partial charge in [0.15, 0.2) is 5.69 Å². The number of nitrogens with one attached hydrogen (secondary N) is 1. The number of carbonyl (C=O) groups is 2. The molecule has 2 saturated heterocycles. The highest BCUT2D eigenvalue weighted by atomic mass is 19.1. The zero-order valence-corrected chi connectivity index (χ0v) is 17.0. The average Bonchev–Trinajstić information content (AvgIpc) is 3.40. The number of nitrogens with zero attached hydrogens (tertiary/aromatic N) is 2. The molecule has 2 aliphatic rings. The molecule has 0 bridgehead atoms. The van der Waals surface area contributed by atoms with Crippen LogP contribution in [0, 0.1) is 5.82 Å². The van der Waals surface area contributed by atoms with Gasteiger partial charge in [0, 0.05) is 37.7 Å². The van der Waals surface area contributed by atoms with Crippen LogP contribution >= 0.6 is 0 Å². The van der Waals surface area contributed by atoms with Gasteiger partial charge < -0.3 is 19.5 Å². The van der Waals surface area contributed by atoms with Gasteiger partial charge in [-0.1, -0.05) is 12.1 Å². The summed E-state index contributed by atoms with van der Waals surface area (Å²) in [5.41, 5.74) is 0.546. The smallest absolute Gasteiger partial charge is 0.273 e. The molecule has 0 unspecified atom stereocenters. The van der Waals surface area contributed by atoms with E-state index in [-0.39, 0.29) is 35.0 Å². The van der Waals surface area contributed by atoms with Gasteiger partial charge in [0.2, 0.25) is 0 Å². The number of amides is 2. The molecule has 30 heavy (non-hydrogen) atoms. The molecule has 2 aromatic rings. The van der Waals surface area contributed by atoms with Crippen molar-refractivity contribution in [1.82, 2.24) is 15.4 Å². The Morgan fingerprint density at radius 1 is 1.23 bits per heavy atom. The fourth-order valence-corrected chi connectivity index (χ4v) is 4.18. The Morgan fingerprint density at radius 2 is 1.97 bits per heavy atom. The van der Waals surface area contributed by atoms with Crippen molar-refractivity contribution in [2.45, 2.75) is 50.7 Å². The number of benzene rings is 1. The molecule has 0 aliphatic carbocycles. The molecule has 2 amide bonds. The minimum absolute atomic E-state index is 0.0501. The highest BCUT2D eigenvalue weighted by molar-refractivity contribution is 5.94. The van der Waals surface area contributed by atoms with Crippen LogP contribution in [0.15, 0.2) is 34.9 Å². The maximum absolute atomic E-state index is 13.1. The second kappa shape index (κ2) is 8.55. The lowest BCUT2D eigenvalue weighted by molar-refractivity contribution is -0.0712. The number of ether oxygens (including phenoxy) is 1. The van der Waals surface area contributed by atoms with E-state index in [1.165, 1.54) is 24.3 Å². The maximum atomic E-state index is 13.1. The zero-order valence-electron chi connectivity index (χ0n) is 17.0. The van der Waals surface area contributed by atoms with Gasteiger partial charge in [-0.2, -0.15) is 0 Å². The Bertz CT molecular complexity index is 903. The summed E-state index contributed by atoms with van der Waals surface area (Å²) < 4.78 is 24.5. The molecule has 4 rings (SSSR count). The van der Waals surface area contributed by atoms with Crippen molar-refractivity contribution in [3.8, 4) is 0 Å². The molecule has 3 heterocycles. The van der Waals surface area contributed by atoms with Gasteiger partial charge in [-0.3, -0.25) is 9.59 Å². The van der Waals surface area contributed by atoms with Crippen LogP contribution < -0.4 is 5.32 Å². The van der Waals surface area contributed by atoms with Crippen LogP contribution in [0.5, 0.6) is 0 Å². The predicted molar refractivity (Wildman–Crippen MR) is 107 cm³/mol. The largest absolute Gasteiger partial charge is 0.370 e. The van der Waals surface area contributed by atoms with Gasteiger partial charge in [0.05, 0.1) is 11.7 Å². The molecule has 1 atom stereocenters. The number of rotatable bonds is 5. The molecule has 0 radical (unpaired) electrons. The lowest BCUT2D eigenvalue weighted by Crippen LogP contribution is -2.47. The van der Waals surface area contributed by atoms with Crippen molar-refractivity contribution >= 4 is 11.8 Å². The highest BCUT2D eigenvalue weighted by Crippen LogP contribution is 2.39. The lowest BCUT2D eigenvalue weighted by atomic mass is 9.88. The summed E-state index contributed by atoms with van der Waals surface area (Å²) in [6.07, 6.45) is 3.93. The average molecular weight is 415 g/mol. The number of halogens is 1. The van der Waals surface area contributed by atoms with Crippen LogP contribution in [0.4, 0.5) is 4.39 Å². The number of carbonyl (C=O) groups excluding carboxylic acids is 2. The summed E-state index contributed by atoms with van der Waals surface area (Å²) >= 11 is 0. The fourth-order valence-electron chi connectivity index (χ4n) is 4.18. The summed E-state index contributed by atoms with van der Waals surface area (Å²) in [5.74, 6) is -0.0115. The first-order valence-corrected chi connectivity index (χ1v) is 10.4. The molecule has 1 spiro atoms. The monoisotopic (exact) mass is 415 g/mol. The zero-order chi connectivity index (χ0) is 21.1. The number of hydrogen-bond donors (Lipinski definition) is 1. The van der Waals surface area contributed by atoms with Crippen LogP contribution in [0.2, 0.25) is 0 Å². The summed E-state index contributed by atoms with van der Waals surface area (Å²) in [4.78, 5) is 26.6. The van der Waals surface area contributed by atoms with Crippen LogP contribution in [0.3, 0.4) is 0 Å². The standard InChI is InChI=1S/C22H26FN3O4/c1-2-17-13-19(25-30-17)20(27)24-14-18-7-8-22(29-18)9-11-26(12-10-22)21(28)15-3-5-16(23)6-4-15/h3-6,13,18H,2,7-12,14H2,1H3,(H,24,27)/t18-/m0/s1. The van der Waals surface area contributed by atoms with E-state index < -0.39 is 0 Å². The van der Waals surface area contributed by atoms with Gasteiger partial charge in [-0.15, -0.1) is 0 Å². The predicted octanol–water partition coefficient (Wildman–Crippen LogP) is 2.96. The van der Waals surface area contributed by atoms with Gasteiger partial charge in [0.25, 0.3) is 11.8 Å².